The Hall–Kier alpha value is -2.21. The summed E-state index contributed by atoms with van der Waals surface area (Å²) in [5.41, 5.74) is 7.80. The Kier molecular flexibility index (Phi) is 3.00. The first-order chi connectivity index (χ1) is 9.24. The van der Waals surface area contributed by atoms with E-state index >= 15 is 0 Å². The van der Waals surface area contributed by atoms with Gasteiger partial charge in [0.25, 0.3) is 5.89 Å². The number of pyridine rings is 1. The van der Waals surface area contributed by atoms with Crippen LogP contribution in [0.1, 0.15) is 0 Å². The summed E-state index contributed by atoms with van der Waals surface area (Å²) in [6, 6.07) is 11.0. The minimum atomic E-state index is 0.417. The normalized spacial score (nSPS) is 10.6. The van der Waals surface area contributed by atoms with Crippen molar-refractivity contribution in [2.24, 2.45) is 0 Å². The van der Waals surface area contributed by atoms with Crippen molar-refractivity contribution in [3.05, 3.63) is 47.1 Å². The highest BCUT2D eigenvalue weighted by Gasteiger charge is 2.13. The van der Waals surface area contributed by atoms with Crippen LogP contribution in [0.15, 0.2) is 51.6 Å². The van der Waals surface area contributed by atoms with Crippen LogP contribution in [-0.4, -0.2) is 15.1 Å². The molecule has 0 saturated heterocycles. The standard InChI is InChI=1S/C13H9BrN4O/c14-10-5-2-6-16-11(10)12-17-13(19-18-12)8-3-1-4-9(15)7-8/h1-7H,15H2. The van der Waals surface area contributed by atoms with E-state index in [1.807, 2.05) is 24.3 Å². The van der Waals surface area contributed by atoms with Crippen molar-refractivity contribution in [2.75, 3.05) is 5.73 Å². The summed E-state index contributed by atoms with van der Waals surface area (Å²) in [6.45, 7) is 0. The lowest BCUT2D eigenvalue weighted by Crippen LogP contribution is -1.87. The maximum atomic E-state index is 5.73. The molecule has 0 radical (unpaired) electrons. The molecule has 5 nitrogen and oxygen atoms in total. The minimum Gasteiger partial charge on any atom is -0.399 e. The number of halogens is 1. The molecule has 0 aliphatic carbocycles. The quantitative estimate of drug-likeness (QED) is 0.735. The summed E-state index contributed by atoms with van der Waals surface area (Å²) in [7, 11) is 0. The third kappa shape index (κ3) is 2.34. The number of nitrogens with two attached hydrogens (primary N) is 1. The van der Waals surface area contributed by atoms with Crippen LogP contribution >= 0.6 is 15.9 Å². The van der Waals surface area contributed by atoms with Gasteiger partial charge in [-0.2, -0.15) is 4.98 Å². The van der Waals surface area contributed by atoms with Crippen LogP contribution in [0.3, 0.4) is 0 Å². The maximum absolute atomic E-state index is 5.73. The van der Waals surface area contributed by atoms with E-state index < -0.39 is 0 Å². The van der Waals surface area contributed by atoms with Gasteiger partial charge in [0.2, 0.25) is 5.82 Å². The van der Waals surface area contributed by atoms with Crippen molar-refractivity contribution in [1.82, 2.24) is 15.1 Å². The minimum absolute atomic E-state index is 0.417. The number of hydrogen-bond acceptors (Lipinski definition) is 5. The third-order valence-electron chi connectivity index (χ3n) is 2.53. The molecule has 2 heterocycles. The van der Waals surface area contributed by atoms with Gasteiger partial charge in [0.1, 0.15) is 5.69 Å². The summed E-state index contributed by atoms with van der Waals surface area (Å²) >= 11 is 3.41. The number of aromatic nitrogens is 3. The van der Waals surface area contributed by atoms with Crippen LogP contribution in [0.25, 0.3) is 23.0 Å². The Bertz CT molecular complexity index is 726. The second-order valence-corrected chi connectivity index (χ2v) is 4.74. The summed E-state index contributed by atoms with van der Waals surface area (Å²) in [6.07, 6.45) is 1.68. The predicted octanol–water partition coefficient (Wildman–Crippen LogP) is 3.14. The van der Waals surface area contributed by atoms with Gasteiger partial charge in [-0.25, -0.2) is 0 Å². The van der Waals surface area contributed by atoms with Crippen molar-refractivity contribution >= 4 is 21.6 Å². The van der Waals surface area contributed by atoms with Gasteiger partial charge in [0, 0.05) is 21.9 Å². The fourth-order valence-electron chi connectivity index (χ4n) is 1.66. The van der Waals surface area contributed by atoms with Crippen molar-refractivity contribution in [1.29, 1.82) is 0 Å². The summed E-state index contributed by atoms with van der Waals surface area (Å²) in [5, 5.41) is 3.93. The lowest BCUT2D eigenvalue weighted by molar-refractivity contribution is 0.432. The van der Waals surface area contributed by atoms with Gasteiger partial charge in [-0.3, -0.25) is 4.98 Å². The monoisotopic (exact) mass is 316 g/mol. The van der Waals surface area contributed by atoms with Gasteiger partial charge >= 0.3 is 0 Å². The molecule has 19 heavy (non-hydrogen) atoms. The number of rotatable bonds is 2. The molecule has 2 N–H and O–H groups in total. The highest BCUT2D eigenvalue weighted by atomic mass is 79.9. The molecule has 3 aromatic rings. The molecule has 0 atom stereocenters. The zero-order valence-electron chi connectivity index (χ0n) is 9.75. The van der Waals surface area contributed by atoms with Gasteiger partial charge in [-0.1, -0.05) is 11.2 Å². The number of hydrogen-bond donors (Lipinski definition) is 1. The van der Waals surface area contributed by atoms with E-state index in [2.05, 4.69) is 31.1 Å². The molecule has 3 rings (SSSR count). The molecular formula is C13H9BrN4O. The van der Waals surface area contributed by atoms with E-state index in [-0.39, 0.29) is 0 Å². The number of nitrogens with zero attached hydrogens (tertiary/aromatic N) is 3. The molecule has 6 heteroatoms. The molecule has 0 aliphatic heterocycles. The average molecular weight is 317 g/mol. The number of anilines is 1. The summed E-state index contributed by atoms with van der Waals surface area (Å²) < 4.78 is 6.05. The second kappa shape index (κ2) is 4.81. The van der Waals surface area contributed by atoms with Crippen LogP contribution in [0, 0.1) is 0 Å². The Labute approximate surface area is 117 Å². The largest absolute Gasteiger partial charge is 0.399 e. The predicted molar refractivity (Wildman–Crippen MR) is 75.1 cm³/mol. The van der Waals surface area contributed by atoms with Crippen LogP contribution in [0.5, 0.6) is 0 Å². The van der Waals surface area contributed by atoms with E-state index in [4.69, 9.17) is 10.3 Å². The third-order valence-corrected chi connectivity index (χ3v) is 3.17. The van der Waals surface area contributed by atoms with Crippen LogP contribution in [-0.2, 0) is 0 Å². The van der Waals surface area contributed by atoms with Gasteiger partial charge in [-0.05, 0) is 46.3 Å². The maximum Gasteiger partial charge on any atom is 0.258 e. The molecule has 0 spiro atoms. The molecule has 0 aliphatic rings. The number of nitrogen functional groups attached to an aromatic ring is 1. The molecule has 0 bridgehead atoms. The second-order valence-electron chi connectivity index (χ2n) is 3.88. The molecule has 2 aromatic heterocycles. The zero-order chi connectivity index (χ0) is 13.2. The lowest BCUT2D eigenvalue weighted by atomic mass is 10.2. The van der Waals surface area contributed by atoms with Crippen LogP contribution in [0.4, 0.5) is 5.69 Å². The first kappa shape index (κ1) is 11.9. The molecular weight excluding hydrogens is 308 g/mol. The fraction of sp³-hybridized carbons (Fsp3) is 0. The SMILES string of the molecule is Nc1cccc(-c2nc(-c3ncccc3Br)no2)c1. The van der Waals surface area contributed by atoms with E-state index in [1.165, 1.54) is 0 Å². The van der Waals surface area contributed by atoms with E-state index in [9.17, 15) is 0 Å². The van der Waals surface area contributed by atoms with Gasteiger partial charge in [0.05, 0.1) is 0 Å². The molecule has 0 saturated carbocycles. The summed E-state index contributed by atoms with van der Waals surface area (Å²) in [4.78, 5) is 8.54. The van der Waals surface area contributed by atoms with Crippen molar-refractivity contribution in [3.8, 4) is 23.0 Å². The molecule has 0 fully saturated rings. The summed E-state index contributed by atoms with van der Waals surface area (Å²) in [5.74, 6) is 0.852. The number of benzene rings is 1. The Morgan fingerprint density at radius 3 is 2.84 bits per heavy atom. The van der Waals surface area contributed by atoms with Gasteiger partial charge in [-0.15, -0.1) is 0 Å². The van der Waals surface area contributed by atoms with E-state index in [0.29, 0.717) is 23.1 Å². The first-order valence-corrected chi connectivity index (χ1v) is 6.34. The lowest BCUT2D eigenvalue weighted by Gasteiger charge is -1.96. The smallest absolute Gasteiger partial charge is 0.258 e. The Balaban J connectivity index is 2.03. The zero-order valence-corrected chi connectivity index (χ0v) is 11.3. The van der Waals surface area contributed by atoms with Crippen molar-refractivity contribution in [2.45, 2.75) is 0 Å². The van der Waals surface area contributed by atoms with E-state index in [0.717, 1.165) is 10.0 Å². The first-order valence-electron chi connectivity index (χ1n) is 5.54. The average Bonchev–Trinajstić information content (AvgIpc) is 2.89. The van der Waals surface area contributed by atoms with Crippen LogP contribution < -0.4 is 5.73 Å². The Morgan fingerprint density at radius 2 is 2.05 bits per heavy atom. The van der Waals surface area contributed by atoms with Gasteiger partial charge in [0.15, 0.2) is 0 Å². The topological polar surface area (TPSA) is 77.8 Å². The van der Waals surface area contributed by atoms with E-state index in [1.54, 1.807) is 18.3 Å². The molecule has 94 valence electrons. The van der Waals surface area contributed by atoms with Crippen molar-refractivity contribution in [3.63, 3.8) is 0 Å². The molecule has 1 aromatic carbocycles. The fourth-order valence-corrected chi connectivity index (χ4v) is 2.09. The highest BCUT2D eigenvalue weighted by Crippen LogP contribution is 2.26. The highest BCUT2D eigenvalue weighted by molar-refractivity contribution is 9.10. The van der Waals surface area contributed by atoms with Gasteiger partial charge < -0.3 is 10.3 Å². The molecule has 0 unspecified atom stereocenters. The van der Waals surface area contributed by atoms with Crippen molar-refractivity contribution < 1.29 is 4.52 Å². The van der Waals surface area contributed by atoms with Crippen LogP contribution in [0.2, 0.25) is 0 Å². The Morgan fingerprint density at radius 1 is 1.16 bits per heavy atom. The molecule has 0 amide bonds.